The highest BCUT2D eigenvalue weighted by Gasteiger charge is 2.62. The molecule has 1 aromatic carbocycles. The number of aliphatic carboxylic acids is 1. The lowest BCUT2D eigenvalue weighted by atomic mass is 10.0. The molecule has 2 atom stereocenters. The molecule has 1 N–H and O–H groups in total. The summed E-state index contributed by atoms with van der Waals surface area (Å²) in [7, 11) is 0. The number of hydrogen-bond acceptors (Lipinski definition) is 2. The van der Waals surface area contributed by atoms with Gasteiger partial charge in [0.2, 0.25) is 0 Å². The fourth-order valence-electron chi connectivity index (χ4n) is 2.54. The van der Waals surface area contributed by atoms with E-state index in [4.69, 9.17) is 10.4 Å². The highest BCUT2D eigenvalue weighted by Crippen LogP contribution is 2.64. The minimum Gasteiger partial charge on any atom is -0.481 e. The van der Waals surface area contributed by atoms with Crippen molar-refractivity contribution in [3.05, 3.63) is 35.1 Å². The molecule has 0 bridgehead atoms. The lowest BCUT2D eigenvalue weighted by Gasteiger charge is -2.03. The molecule has 0 aliphatic heterocycles. The molecule has 0 radical (unpaired) electrons. The molecular weight excluding hydrogens is 221 g/mol. The van der Waals surface area contributed by atoms with E-state index in [9.17, 15) is 9.18 Å². The van der Waals surface area contributed by atoms with Crippen molar-refractivity contribution < 1.29 is 14.3 Å². The summed E-state index contributed by atoms with van der Waals surface area (Å²) >= 11 is 0. The van der Waals surface area contributed by atoms with Crippen LogP contribution in [0.25, 0.3) is 0 Å². The van der Waals surface area contributed by atoms with E-state index in [2.05, 4.69) is 0 Å². The van der Waals surface area contributed by atoms with Gasteiger partial charge >= 0.3 is 5.97 Å². The number of carboxylic acids is 1. The number of rotatable bonds is 2. The Labute approximate surface area is 98.5 Å². The van der Waals surface area contributed by atoms with Crippen LogP contribution in [-0.4, -0.2) is 11.1 Å². The van der Waals surface area contributed by atoms with E-state index in [1.54, 1.807) is 12.1 Å². The Hall–Kier alpha value is -1.89. The Balaban J connectivity index is 2.38. The molecule has 0 amide bonds. The van der Waals surface area contributed by atoms with Crippen molar-refractivity contribution >= 4 is 5.97 Å². The molecule has 2 rings (SSSR count). The van der Waals surface area contributed by atoms with E-state index < -0.39 is 17.7 Å². The third-order valence-electron chi connectivity index (χ3n) is 3.56. The Morgan fingerprint density at radius 2 is 2.18 bits per heavy atom. The van der Waals surface area contributed by atoms with Crippen LogP contribution in [0.4, 0.5) is 4.39 Å². The minimum absolute atomic E-state index is 0.0330. The van der Waals surface area contributed by atoms with Crippen LogP contribution in [0, 0.1) is 28.5 Å². The Bertz CT molecular complexity index is 531. The lowest BCUT2D eigenvalue weighted by Crippen LogP contribution is -2.03. The van der Waals surface area contributed by atoms with Crippen LogP contribution in [0.2, 0.25) is 0 Å². The maximum atomic E-state index is 13.2. The van der Waals surface area contributed by atoms with Crippen LogP contribution in [0.1, 0.15) is 30.9 Å². The second-order valence-corrected chi connectivity index (χ2v) is 4.97. The van der Waals surface area contributed by atoms with Gasteiger partial charge in [0.1, 0.15) is 11.9 Å². The van der Waals surface area contributed by atoms with Crippen LogP contribution in [0.15, 0.2) is 18.2 Å². The average molecular weight is 233 g/mol. The van der Waals surface area contributed by atoms with Crippen LogP contribution >= 0.6 is 0 Å². The summed E-state index contributed by atoms with van der Waals surface area (Å²) in [5, 5.41) is 17.8. The van der Waals surface area contributed by atoms with E-state index in [-0.39, 0.29) is 16.9 Å². The monoisotopic (exact) mass is 233 g/mol. The first-order valence-electron chi connectivity index (χ1n) is 5.32. The van der Waals surface area contributed by atoms with Crippen molar-refractivity contribution in [1.29, 1.82) is 5.26 Å². The van der Waals surface area contributed by atoms with Gasteiger partial charge in [-0.2, -0.15) is 5.26 Å². The molecule has 0 saturated heterocycles. The third-order valence-corrected chi connectivity index (χ3v) is 3.56. The lowest BCUT2D eigenvalue weighted by molar-refractivity contribution is -0.139. The number of carbonyl (C=O) groups is 1. The highest BCUT2D eigenvalue weighted by molar-refractivity contribution is 5.77. The summed E-state index contributed by atoms with van der Waals surface area (Å²) in [5.74, 6) is -2.02. The van der Waals surface area contributed by atoms with Crippen molar-refractivity contribution in [3.63, 3.8) is 0 Å². The number of hydrogen-bond donors (Lipinski definition) is 1. The number of nitrogens with zero attached hydrogens (tertiary/aromatic N) is 1. The van der Waals surface area contributed by atoms with Gasteiger partial charge in [0.05, 0.1) is 11.5 Å². The molecule has 3 nitrogen and oxygen atoms in total. The fourth-order valence-corrected chi connectivity index (χ4v) is 2.54. The molecule has 17 heavy (non-hydrogen) atoms. The van der Waals surface area contributed by atoms with Crippen molar-refractivity contribution in [2.45, 2.75) is 19.8 Å². The Morgan fingerprint density at radius 3 is 2.65 bits per heavy atom. The van der Waals surface area contributed by atoms with Gasteiger partial charge in [-0.05, 0) is 23.1 Å². The summed E-state index contributed by atoms with van der Waals surface area (Å²) in [4.78, 5) is 11.0. The number of halogens is 1. The summed E-state index contributed by atoms with van der Waals surface area (Å²) in [6, 6.07) is 6.00. The van der Waals surface area contributed by atoms with Crippen LogP contribution in [0.3, 0.4) is 0 Å². The summed E-state index contributed by atoms with van der Waals surface area (Å²) in [6.07, 6.45) is 0. The maximum absolute atomic E-state index is 13.2. The summed E-state index contributed by atoms with van der Waals surface area (Å²) in [5.41, 5.74) is 0.353. The Kier molecular flexibility index (Phi) is 2.43. The van der Waals surface area contributed by atoms with Gasteiger partial charge in [-0.25, -0.2) is 4.39 Å². The smallest absolute Gasteiger partial charge is 0.307 e. The largest absolute Gasteiger partial charge is 0.481 e. The van der Waals surface area contributed by atoms with E-state index in [0.29, 0.717) is 0 Å². The molecule has 0 spiro atoms. The van der Waals surface area contributed by atoms with Crippen LogP contribution < -0.4 is 0 Å². The van der Waals surface area contributed by atoms with Gasteiger partial charge in [-0.15, -0.1) is 0 Å². The summed E-state index contributed by atoms with van der Waals surface area (Å²) in [6.45, 7) is 3.73. The third kappa shape index (κ3) is 1.68. The zero-order chi connectivity index (χ0) is 12.8. The molecule has 1 aliphatic carbocycles. The molecular formula is C13H12FNO2. The topological polar surface area (TPSA) is 61.1 Å². The number of carboxylic acid groups (broad SMARTS) is 1. The fraction of sp³-hybridized carbons (Fsp3) is 0.385. The molecule has 2 unspecified atom stereocenters. The number of benzene rings is 1. The molecule has 1 aromatic rings. The van der Waals surface area contributed by atoms with Gasteiger partial charge in [0.25, 0.3) is 0 Å². The predicted octanol–water partition coefficient (Wildman–Crippen LogP) is 2.52. The second kappa shape index (κ2) is 3.56. The van der Waals surface area contributed by atoms with Gasteiger partial charge in [0, 0.05) is 5.92 Å². The van der Waals surface area contributed by atoms with E-state index in [1.807, 2.05) is 13.8 Å². The van der Waals surface area contributed by atoms with Gasteiger partial charge in [-0.1, -0.05) is 19.9 Å². The van der Waals surface area contributed by atoms with Crippen molar-refractivity contribution in [2.24, 2.45) is 11.3 Å². The molecule has 0 heterocycles. The second-order valence-electron chi connectivity index (χ2n) is 4.97. The Morgan fingerprint density at radius 1 is 1.53 bits per heavy atom. The van der Waals surface area contributed by atoms with Crippen LogP contribution in [0.5, 0.6) is 0 Å². The van der Waals surface area contributed by atoms with Crippen molar-refractivity contribution in [2.75, 3.05) is 0 Å². The zero-order valence-electron chi connectivity index (χ0n) is 9.57. The van der Waals surface area contributed by atoms with Crippen molar-refractivity contribution in [3.8, 4) is 6.07 Å². The molecule has 88 valence electrons. The normalized spacial score (nSPS) is 25.1. The SMILES string of the molecule is CC1(C)C(C(=O)O)C1c1ccc(F)c(C#N)c1. The van der Waals surface area contributed by atoms with E-state index in [1.165, 1.54) is 12.1 Å². The molecule has 0 aromatic heterocycles. The number of nitriles is 1. The molecule has 4 heteroatoms. The highest BCUT2D eigenvalue weighted by atomic mass is 19.1. The quantitative estimate of drug-likeness (QED) is 0.853. The maximum Gasteiger partial charge on any atom is 0.307 e. The standard InChI is InChI=1S/C13H12FNO2/c1-13(2)10(11(13)12(16)17)7-3-4-9(14)8(5-7)6-15/h3-5,10-11H,1-2H3,(H,16,17). The predicted molar refractivity (Wildman–Crippen MR) is 58.8 cm³/mol. The minimum atomic E-state index is -0.845. The zero-order valence-corrected chi connectivity index (χ0v) is 9.57. The first-order chi connectivity index (χ1) is 7.89. The van der Waals surface area contributed by atoms with Crippen molar-refractivity contribution in [1.82, 2.24) is 0 Å². The van der Waals surface area contributed by atoms with Gasteiger partial charge in [-0.3, -0.25) is 4.79 Å². The first-order valence-corrected chi connectivity index (χ1v) is 5.32. The average Bonchev–Trinajstić information content (AvgIpc) is 2.82. The van der Waals surface area contributed by atoms with Gasteiger partial charge < -0.3 is 5.11 Å². The summed E-state index contributed by atoms with van der Waals surface area (Å²) < 4.78 is 13.2. The molecule has 1 aliphatic rings. The first kappa shape index (κ1) is 11.6. The van der Waals surface area contributed by atoms with Gasteiger partial charge in [0.15, 0.2) is 0 Å². The molecule has 1 saturated carbocycles. The molecule has 1 fully saturated rings. The van der Waals surface area contributed by atoms with E-state index in [0.717, 1.165) is 5.56 Å². The van der Waals surface area contributed by atoms with E-state index >= 15 is 0 Å². The van der Waals surface area contributed by atoms with Crippen LogP contribution in [-0.2, 0) is 4.79 Å².